The van der Waals surface area contributed by atoms with Crippen LogP contribution in [0, 0.1) is 13.8 Å². The van der Waals surface area contributed by atoms with Crippen LogP contribution in [0.2, 0.25) is 0 Å². The van der Waals surface area contributed by atoms with Gasteiger partial charge in [-0.05, 0) is 74.5 Å². The smallest absolute Gasteiger partial charge is 0.208 e. The summed E-state index contributed by atoms with van der Waals surface area (Å²) in [5.74, 6) is 0. The summed E-state index contributed by atoms with van der Waals surface area (Å²) < 4.78 is 31.1. The monoisotopic (exact) mass is 652 g/mol. The number of hydrogen-bond donors (Lipinski definition) is 0. The highest BCUT2D eigenvalue weighted by Crippen LogP contribution is 2.51. The molecule has 236 valence electrons. The molecule has 5 heteroatoms. The van der Waals surface area contributed by atoms with E-state index in [0.29, 0.717) is 15.4 Å². The highest BCUT2D eigenvalue weighted by molar-refractivity contribution is 7.92. The molecule has 1 aliphatic rings. The van der Waals surface area contributed by atoms with Crippen molar-refractivity contribution in [2.24, 2.45) is 0 Å². The Morgan fingerprint density at radius 1 is 0.490 bits per heavy atom. The lowest BCUT2D eigenvalue weighted by molar-refractivity contribution is 0.599. The minimum atomic E-state index is -3.78. The molecular formula is C44H32N2O2S. The average Bonchev–Trinajstić information content (AvgIpc) is 3.58. The first kappa shape index (κ1) is 29.2. The molecule has 0 atom stereocenters. The summed E-state index contributed by atoms with van der Waals surface area (Å²) in [6, 6.07) is 53.5. The quantitative estimate of drug-likeness (QED) is 0.186. The van der Waals surface area contributed by atoms with Crippen molar-refractivity contribution in [3.8, 4) is 27.9 Å². The van der Waals surface area contributed by atoms with Gasteiger partial charge in [0.15, 0.2) is 0 Å². The number of fused-ring (bicyclic) bond motifs is 6. The van der Waals surface area contributed by atoms with Gasteiger partial charge in [-0.3, -0.25) is 0 Å². The van der Waals surface area contributed by atoms with Crippen LogP contribution in [-0.2, 0) is 9.84 Å². The third kappa shape index (κ3) is 4.54. The lowest BCUT2D eigenvalue weighted by Gasteiger charge is -2.29. The average molecular weight is 653 g/mol. The molecule has 8 aromatic rings. The van der Waals surface area contributed by atoms with Crippen LogP contribution >= 0.6 is 0 Å². The highest BCUT2D eigenvalue weighted by atomic mass is 32.2. The SMILES string of the molecule is Cc1ccc(N(c2ccc(C)cc2)c2cc3c(cc2-c2cccc4c2S(=O)(=O)c2ccccc2-4)c2ccccc2n3-c2ccccc2)cc1. The Morgan fingerprint density at radius 2 is 1.06 bits per heavy atom. The largest absolute Gasteiger partial charge is 0.310 e. The summed E-state index contributed by atoms with van der Waals surface area (Å²) in [7, 11) is -3.78. The van der Waals surface area contributed by atoms with Crippen LogP contribution in [0.3, 0.4) is 0 Å². The van der Waals surface area contributed by atoms with Crippen molar-refractivity contribution in [2.45, 2.75) is 23.6 Å². The van der Waals surface area contributed by atoms with Gasteiger partial charge in [-0.25, -0.2) is 8.42 Å². The minimum absolute atomic E-state index is 0.356. The molecule has 0 bridgehead atoms. The molecule has 1 aliphatic heterocycles. The maximum absolute atomic E-state index is 14.4. The molecule has 0 unspecified atom stereocenters. The molecule has 2 heterocycles. The molecule has 0 fully saturated rings. The fourth-order valence-electron chi connectivity index (χ4n) is 7.36. The molecule has 7 aromatic carbocycles. The van der Waals surface area contributed by atoms with Gasteiger partial charge in [0.05, 0.1) is 26.5 Å². The number of sulfone groups is 1. The van der Waals surface area contributed by atoms with Crippen molar-refractivity contribution >= 4 is 48.7 Å². The number of para-hydroxylation sites is 2. The molecule has 0 spiro atoms. The van der Waals surface area contributed by atoms with Crippen LogP contribution in [0.4, 0.5) is 17.1 Å². The predicted octanol–water partition coefficient (Wildman–Crippen LogP) is 11.4. The molecular weight excluding hydrogens is 621 g/mol. The number of rotatable bonds is 5. The van der Waals surface area contributed by atoms with Gasteiger partial charge < -0.3 is 9.47 Å². The topological polar surface area (TPSA) is 42.3 Å². The van der Waals surface area contributed by atoms with E-state index in [9.17, 15) is 8.42 Å². The molecule has 0 radical (unpaired) electrons. The van der Waals surface area contributed by atoms with E-state index >= 15 is 0 Å². The number of nitrogens with zero attached hydrogens (tertiary/aromatic N) is 2. The predicted molar refractivity (Wildman–Crippen MR) is 201 cm³/mol. The molecule has 9 rings (SSSR count). The molecule has 0 N–H and O–H groups in total. The van der Waals surface area contributed by atoms with Crippen molar-refractivity contribution in [1.82, 2.24) is 4.57 Å². The second-order valence-electron chi connectivity index (χ2n) is 12.8. The van der Waals surface area contributed by atoms with E-state index in [4.69, 9.17) is 0 Å². The number of anilines is 3. The Balaban J connectivity index is 1.44. The molecule has 0 amide bonds. The first-order chi connectivity index (χ1) is 23.9. The van der Waals surface area contributed by atoms with Gasteiger partial charge in [0.2, 0.25) is 9.84 Å². The minimum Gasteiger partial charge on any atom is -0.310 e. The van der Waals surface area contributed by atoms with Crippen LogP contribution in [0.5, 0.6) is 0 Å². The Labute approximate surface area is 286 Å². The van der Waals surface area contributed by atoms with E-state index in [1.165, 1.54) is 0 Å². The van der Waals surface area contributed by atoms with E-state index in [1.807, 2.05) is 36.4 Å². The molecule has 1 aromatic heterocycles. The van der Waals surface area contributed by atoms with Crippen molar-refractivity contribution in [3.63, 3.8) is 0 Å². The number of aromatic nitrogens is 1. The lowest BCUT2D eigenvalue weighted by atomic mass is 9.95. The fraction of sp³-hybridized carbons (Fsp3) is 0.0455. The number of benzene rings is 7. The van der Waals surface area contributed by atoms with Crippen molar-refractivity contribution in [2.75, 3.05) is 4.90 Å². The Kier molecular flexibility index (Phi) is 6.61. The highest BCUT2D eigenvalue weighted by Gasteiger charge is 2.36. The zero-order valence-electron chi connectivity index (χ0n) is 27.1. The third-order valence-electron chi connectivity index (χ3n) is 9.67. The summed E-state index contributed by atoms with van der Waals surface area (Å²) in [5, 5.41) is 2.15. The third-order valence-corrected chi connectivity index (χ3v) is 11.6. The number of aryl methyl sites for hydroxylation is 2. The van der Waals surface area contributed by atoms with Crippen molar-refractivity contribution in [1.29, 1.82) is 0 Å². The maximum Gasteiger partial charge on any atom is 0.208 e. The fourth-order valence-corrected chi connectivity index (χ4v) is 9.24. The summed E-state index contributed by atoms with van der Waals surface area (Å²) in [5.41, 5.74) is 11.4. The summed E-state index contributed by atoms with van der Waals surface area (Å²) in [4.78, 5) is 2.97. The first-order valence-corrected chi connectivity index (χ1v) is 17.9. The van der Waals surface area contributed by atoms with E-state index in [-0.39, 0.29) is 0 Å². The van der Waals surface area contributed by atoms with Gasteiger partial charge in [-0.2, -0.15) is 0 Å². The molecule has 0 saturated carbocycles. The van der Waals surface area contributed by atoms with E-state index in [1.54, 1.807) is 12.1 Å². The van der Waals surface area contributed by atoms with Crippen LogP contribution in [0.15, 0.2) is 168 Å². The molecule has 4 nitrogen and oxygen atoms in total. The van der Waals surface area contributed by atoms with Gasteiger partial charge in [-0.15, -0.1) is 0 Å². The summed E-state index contributed by atoms with van der Waals surface area (Å²) in [6.07, 6.45) is 0. The van der Waals surface area contributed by atoms with Crippen LogP contribution in [0.25, 0.3) is 49.7 Å². The van der Waals surface area contributed by atoms with E-state index < -0.39 is 9.84 Å². The molecule has 0 saturated heterocycles. The zero-order chi connectivity index (χ0) is 33.3. The van der Waals surface area contributed by atoms with Crippen molar-refractivity contribution in [3.05, 3.63) is 169 Å². The summed E-state index contributed by atoms with van der Waals surface area (Å²) in [6.45, 7) is 4.18. The van der Waals surface area contributed by atoms with Gasteiger partial charge in [0, 0.05) is 50.1 Å². The standard InChI is InChI=1S/C44H32N2O2S/c1-29-19-23-32(24-20-29)45(33-25-21-30(2)22-26-33)41-28-42-38(34-13-6-8-17-40(34)46(42)31-11-4-3-5-12-31)27-39(41)37-16-10-15-36-35-14-7-9-18-43(35)49(47,48)44(36)37/h3-28H,1-2H3. The van der Waals surface area contributed by atoms with E-state index in [2.05, 4.69) is 133 Å². The van der Waals surface area contributed by atoms with Crippen LogP contribution < -0.4 is 4.90 Å². The van der Waals surface area contributed by atoms with Crippen LogP contribution in [-0.4, -0.2) is 13.0 Å². The zero-order valence-corrected chi connectivity index (χ0v) is 27.9. The summed E-state index contributed by atoms with van der Waals surface area (Å²) >= 11 is 0. The van der Waals surface area contributed by atoms with Gasteiger partial charge in [0.25, 0.3) is 0 Å². The van der Waals surface area contributed by atoms with Gasteiger partial charge >= 0.3 is 0 Å². The Hall–Kier alpha value is -5.91. The first-order valence-electron chi connectivity index (χ1n) is 16.4. The normalized spacial score (nSPS) is 13.0. The maximum atomic E-state index is 14.4. The Morgan fingerprint density at radius 3 is 1.76 bits per heavy atom. The Bertz CT molecular complexity index is 2630. The van der Waals surface area contributed by atoms with E-state index in [0.717, 1.165) is 72.4 Å². The lowest BCUT2D eigenvalue weighted by Crippen LogP contribution is -2.12. The number of hydrogen-bond acceptors (Lipinski definition) is 3. The van der Waals surface area contributed by atoms with Gasteiger partial charge in [-0.1, -0.05) is 108 Å². The molecule has 49 heavy (non-hydrogen) atoms. The van der Waals surface area contributed by atoms with Crippen molar-refractivity contribution < 1.29 is 8.42 Å². The van der Waals surface area contributed by atoms with Gasteiger partial charge in [0.1, 0.15) is 0 Å². The second kappa shape index (κ2) is 11.1. The molecule has 0 aliphatic carbocycles. The second-order valence-corrected chi connectivity index (χ2v) is 14.6. The van der Waals surface area contributed by atoms with Crippen LogP contribution in [0.1, 0.15) is 11.1 Å².